The van der Waals surface area contributed by atoms with Gasteiger partial charge in [-0.05, 0) is 6.92 Å². The molecule has 0 aromatic heterocycles. The van der Waals surface area contributed by atoms with E-state index in [-0.39, 0.29) is 0 Å². The van der Waals surface area contributed by atoms with E-state index in [9.17, 15) is 0 Å². The van der Waals surface area contributed by atoms with Gasteiger partial charge >= 0.3 is 16.5 Å². The molecule has 0 heterocycles. The SMILES string of the molecule is CN=C(C)C(C=N)=[S+]O. The van der Waals surface area contributed by atoms with E-state index in [1.54, 1.807) is 14.0 Å². The Balaban J connectivity index is 4.32. The monoisotopic (exact) mass is 145 g/mol. The predicted octanol–water partition coefficient (Wildman–Crippen LogP) is 0.455. The topological polar surface area (TPSA) is 56.4 Å². The fourth-order valence-corrected chi connectivity index (χ4v) is 0.583. The van der Waals surface area contributed by atoms with Crippen molar-refractivity contribution in [1.82, 2.24) is 0 Å². The summed E-state index contributed by atoms with van der Waals surface area (Å²) in [6.07, 6.45) is 1.08. The van der Waals surface area contributed by atoms with Crippen LogP contribution in [-0.2, 0) is 11.6 Å². The van der Waals surface area contributed by atoms with E-state index in [4.69, 9.17) is 9.96 Å². The summed E-state index contributed by atoms with van der Waals surface area (Å²) >= 11 is 0.545. The van der Waals surface area contributed by atoms with Crippen LogP contribution in [0.3, 0.4) is 0 Å². The van der Waals surface area contributed by atoms with Crippen molar-refractivity contribution >= 4 is 28.4 Å². The molecule has 3 nitrogen and oxygen atoms in total. The first-order chi connectivity index (χ1) is 4.26. The highest BCUT2D eigenvalue weighted by Gasteiger charge is 2.09. The number of hydrogen-bond donors (Lipinski definition) is 2. The second-order valence-corrected chi connectivity index (χ2v) is 2.03. The molecule has 0 rings (SSSR count). The third-order valence-corrected chi connectivity index (χ3v) is 1.53. The zero-order valence-corrected chi connectivity index (χ0v) is 6.20. The minimum Gasteiger partial charge on any atom is -0.303 e. The number of rotatable bonds is 2. The van der Waals surface area contributed by atoms with Crippen molar-refractivity contribution in [3.63, 3.8) is 0 Å². The minimum absolute atomic E-state index is 0.484. The van der Waals surface area contributed by atoms with Gasteiger partial charge in [0.1, 0.15) is 5.71 Å². The van der Waals surface area contributed by atoms with Crippen LogP contribution in [0.15, 0.2) is 4.99 Å². The molecule has 0 amide bonds. The maximum absolute atomic E-state index is 8.48. The number of nitrogens with zero attached hydrogens (tertiary/aromatic N) is 1. The van der Waals surface area contributed by atoms with Crippen LogP contribution >= 0.6 is 0 Å². The van der Waals surface area contributed by atoms with Crippen molar-refractivity contribution in [2.45, 2.75) is 6.92 Å². The highest BCUT2D eigenvalue weighted by atomic mass is 32.2. The van der Waals surface area contributed by atoms with E-state index in [0.29, 0.717) is 22.2 Å². The number of hydrogen-bond acceptors (Lipinski definition) is 3. The average molecular weight is 145 g/mol. The van der Waals surface area contributed by atoms with Gasteiger partial charge in [0.15, 0.2) is 0 Å². The summed E-state index contributed by atoms with van der Waals surface area (Å²) in [6.45, 7) is 1.74. The highest BCUT2D eigenvalue weighted by molar-refractivity contribution is 7.76. The lowest BCUT2D eigenvalue weighted by Gasteiger charge is -1.81. The molecular formula is C5H9N2OS+. The van der Waals surface area contributed by atoms with E-state index in [0.717, 1.165) is 6.21 Å². The Labute approximate surface area is 58.1 Å². The molecule has 0 spiro atoms. The van der Waals surface area contributed by atoms with E-state index in [2.05, 4.69) is 4.99 Å². The van der Waals surface area contributed by atoms with E-state index < -0.39 is 0 Å². The molecule has 2 N–H and O–H groups in total. The van der Waals surface area contributed by atoms with Gasteiger partial charge in [-0.3, -0.25) is 4.99 Å². The van der Waals surface area contributed by atoms with Crippen molar-refractivity contribution in [2.75, 3.05) is 7.05 Å². The van der Waals surface area contributed by atoms with Gasteiger partial charge < -0.3 is 5.41 Å². The quantitative estimate of drug-likeness (QED) is 0.252. The van der Waals surface area contributed by atoms with Gasteiger partial charge in [-0.2, -0.15) is 0 Å². The summed E-state index contributed by atoms with van der Waals surface area (Å²) in [7, 11) is 1.62. The van der Waals surface area contributed by atoms with Gasteiger partial charge in [0.2, 0.25) is 0 Å². The number of nitrogens with one attached hydrogen (secondary N) is 1. The zero-order chi connectivity index (χ0) is 7.28. The molecule has 0 aliphatic rings. The van der Waals surface area contributed by atoms with Gasteiger partial charge in [-0.15, -0.1) is 4.55 Å². The molecule has 0 aliphatic heterocycles. The smallest absolute Gasteiger partial charge is 0.303 e. The lowest BCUT2D eigenvalue weighted by Crippen LogP contribution is -2.12. The third-order valence-electron chi connectivity index (χ3n) is 0.921. The molecule has 0 unspecified atom stereocenters. The molecular weight excluding hydrogens is 136 g/mol. The second kappa shape index (κ2) is 4.29. The summed E-state index contributed by atoms with van der Waals surface area (Å²) in [5, 5.41) is 6.77. The summed E-state index contributed by atoms with van der Waals surface area (Å²) in [4.78, 5) is 4.26. The van der Waals surface area contributed by atoms with Crippen molar-refractivity contribution < 1.29 is 4.55 Å². The molecule has 0 saturated carbocycles. The normalized spacial score (nSPS) is 13.7. The molecule has 0 bridgehead atoms. The highest BCUT2D eigenvalue weighted by Crippen LogP contribution is 1.76. The first-order valence-corrected chi connectivity index (χ1v) is 3.16. The molecule has 0 aliphatic carbocycles. The van der Waals surface area contributed by atoms with Crippen LogP contribution in [0.1, 0.15) is 6.92 Å². The lowest BCUT2D eigenvalue weighted by atomic mass is 10.3. The van der Waals surface area contributed by atoms with Crippen molar-refractivity contribution in [1.29, 1.82) is 5.41 Å². The molecule has 0 saturated heterocycles. The van der Waals surface area contributed by atoms with Crippen LogP contribution in [0, 0.1) is 5.41 Å². The Morgan fingerprint density at radius 1 is 1.78 bits per heavy atom. The molecule has 9 heavy (non-hydrogen) atoms. The van der Waals surface area contributed by atoms with Crippen LogP contribution in [0.4, 0.5) is 0 Å². The zero-order valence-electron chi connectivity index (χ0n) is 5.38. The van der Waals surface area contributed by atoms with Crippen molar-refractivity contribution in [2.24, 2.45) is 4.99 Å². The Bertz CT molecular complexity index is 162. The molecule has 50 valence electrons. The molecule has 0 atom stereocenters. The molecule has 0 aromatic rings. The standard InChI is InChI=1S/C5H9N2OS/c1-4(7-2)5(3-6)9-8/h3,6,8H,1-2H3/q+1. The predicted molar refractivity (Wildman–Crippen MR) is 42.8 cm³/mol. The van der Waals surface area contributed by atoms with Crippen molar-refractivity contribution in [3.8, 4) is 0 Å². The Morgan fingerprint density at radius 3 is 2.44 bits per heavy atom. The number of aliphatic imine (C=N–C) groups is 1. The van der Waals surface area contributed by atoms with Crippen LogP contribution in [0.25, 0.3) is 0 Å². The maximum Gasteiger partial charge on any atom is 0.395 e. The maximum atomic E-state index is 8.48. The van der Waals surface area contributed by atoms with Crippen LogP contribution in [0.5, 0.6) is 0 Å². The molecule has 0 fully saturated rings. The first-order valence-electron chi connectivity index (χ1n) is 2.38. The van der Waals surface area contributed by atoms with Gasteiger partial charge in [-0.1, -0.05) is 0 Å². The fraction of sp³-hybridized carbons (Fsp3) is 0.400. The van der Waals surface area contributed by atoms with Crippen LogP contribution in [-0.4, -0.2) is 28.4 Å². The van der Waals surface area contributed by atoms with Gasteiger partial charge in [-0.25, -0.2) is 0 Å². The Kier molecular flexibility index (Phi) is 4.00. The molecule has 4 heteroatoms. The van der Waals surface area contributed by atoms with Gasteiger partial charge in [0, 0.05) is 7.05 Å². The van der Waals surface area contributed by atoms with Gasteiger partial charge in [0.05, 0.1) is 6.21 Å². The third kappa shape index (κ3) is 2.43. The summed E-state index contributed by atoms with van der Waals surface area (Å²) in [5.41, 5.74) is 0.678. The minimum atomic E-state index is 0.484. The Morgan fingerprint density at radius 2 is 2.33 bits per heavy atom. The van der Waals surface area contributed by atoms with E-state index in [1.807, 2.05) is 0 Å². The molecule has 0 aromatic carbocycles. The van der Waals surface area contributed by atoms with E-state index >= 15 is 0 Å². The van der Waals surface area contributed by atoms with Gasteiger partial charge in [0.25, 0.3) is 0 Å². The summed E-state index contributed by atoms with van der Waals surface area (Å²) < 4.78 is 8.48. The lowest BCUT2D eigenvalue weighted by molar-refractivity contribution is 0.671. The Hall–Kier alpha value is -0.610. The first kappa shape index (κ1) is 8.39. The average Bonchev–Trinajstić information content (AvgIpc) is 1.90. The summed E-state index contributed by atoms with van der Waals surface area (Å²) in [6, 6.07) is 0. The molecule has 0 radical (unpaired) electrons. The van der Waals surface area contributed by atoms with E-state index in [1.165, 1.54) is 0 Å². The van der Waals surface area contributed by atoms with Crippen LogP contribution < -0.4 is 0 Å². The fourth-order valence-electron chi connectivity index (χ4n) is 0.307. The van der Waals surface area contributed by atoms with Crippen molar-refractivity contribution in [3.05, 3.63) is 0 Å². The summed E-state index contributed by atoms with van der Waals surface area (Å²) in [5.74, 6) is 0. The van der Waals surface area contributed by atoms with Crippen LogP contribution in [0.2, 0.25) is 0 Å². The largest absolute Gasteiger partial charge is 0.395 e. The second-order valence-electron chi connectivity index (χ2n) is 1.41.